The van der Waals surface area contributed by atoms with E-state index in [1.54, 1.807) is 32.9 Å². The van der Waals surface area contributed by atoms with Crippen LogP contribution in [-0.2, 0) is 56.4 Å². The Hall–Kier alpha value is -4.79. The number of alkyl carbamates (subject to hydrolysis) is 1. The molecule has 4 bridgehead atoms. The van der Waals surface area contributed by atoms with Gasteiger partial charge in [-0.05, 0) is 95.8 Å². The number of aliphatic hydroxyl groups is 1. The zero-order chi connectivity index (χ0) is 47.3. The predicted molar refractivity (Wildman–Crippen MR) is 237 cm³/mol. The summed E-state index contributed by atoms with van der Waals surface area (Å²) in [6.07, 6.45) is -2.27. The number of rotatable bonds is 6. The standard InChI is InChI=1S/C47H60N4O14S/c1-20-13-25-14-27-42(54)51-28-17-60-44(56)47(26-16-29(58-9)30(15-24(26)11-12-48-47)64-43(55)22(3)49-45(57)65-46(5,6)7)18-66-41(35(51)34(50(27)8)31(25)36(53)37(20)59-10)33-32(28)40-39(61-19-62-40)21(2)38(33)63-23(4)52/h13,15-16,22,27-28,32-35,38,40-42,48,53-54H,11-12,14,17-19H2,1-10H3,(H,49,57)/t22-,27+,28-,32?,33?,34-,35?,38?,40?,41+,42-,47+/m0/s1. The average Bonchev–Trinajstić information content (AvgIpc) is 3.74. The van der Waals surface area contributed by atoms with Crippen LogP contribution in [0.5, 0.6) is 23.0 Å². The van der Waals surface area contributed by atoms with Crippen molar-refractivity contribution >= 4 is 35.8 Å². The molecule has 2 aromatic carbocycles. The molecule has 1 aliphatic carbocycles. The van der Waals surface area contributed by atoms with Crippen molar-refractivity contribution in [3.63, 3.8) is 0 Å². The third-order valence-electron chi connectivity index (χ3n) is 14.5. The number of aromatic hydroxyl groups is 1. The maximum atomic E-state index is 15.1. The molecule has 5 fully saturated rings. The van der Waals surface area contributed by atoms with E-state index in [4.69, 9.17) is 37.9 Å². The molecule has 5 unspecified atom stereocenters. The Morgan fingerprint density at radius 3 is 2.50 bits per heavy atom. The Bertz CT molecular complexity index is 2370. The zero-order valence-corrected chi connectivity index (χ0v) is 39.7. The van der Waals surface area contributed by atoms with Crippen molar-refractivity contribution in [2.75, 3.05) is 47.0 Å². The molecule has 5 saturated heterocycles. The van der Waals surface area contributed by atoms with Gasteiger partial charge in [-0.1, -0.05) is 6.07 Å². The van der Waals surface area contributed by atoms with Crippen LogP contribution in [0.3, 0.4) is 0 Å². The molecule has 7 heterocycles. The van der Waals surface area contributed by atoms with Gasteiger partial charge < -0.3 is 53.4 Å². The highest BCUT2D eigenvalue weighted by Crippen LogP contribution is 2.60. The average molecular weight is 937 g/mol. The van der Waals surface area contributed by atoms with Crippen molar-refractivity contribution in [1.29, 1.82) is 0 Å². The van der Waals surface area contributed by atoms with Crippen LogP contribution < -0.4 is 24.8 Å². The smallest absolute Gasteiger partial charge is 0.408 e. The molecular formula is C47H60N4O14S. The lowest BCUT2D eigenvalue weighted by Gasteiger charge is -2.66. The summed E-state index contributed by atoms with van der Waals surface area (Å²) in [7, 11) is 4.93. The molecule has 1 amide bonds. The first-order valence-electron chi connectivity index (χ1n) is 22.5. The second-order valence-electron chi connectivity index (χ2n) is 19.4. The van der Waals surface area contributed by atoms with Gasteiger partial charge in [-0.2, -0.15) is 11.8 Å². The number of likely N-dealkylation sites (N-methyl/N-ethyl adjacent to an activating group) is 1. The Balaban J connectivity index is 1.16. The van der Waals surface area contributed by atoms with E-state index >= 15 is 4.79 Å². The summed E-state index contributed by atoms with van der Waals surface area (Å²) in [5, 5.41) is 30.4. The number of nitrogens with one attached hydrogen (secondary N) is 2. The number of esters is 3. The van der Waals surface area contributed by atoms with E-state index in [9.17, 15) is 24.6 Å². The molecule has 8 aliphatic rings. The molecule has 18 nitrogen and oxygen atoms in total. The van der Waals surface area contributed by atoms with Crippen molar-refractivity contribution in [1.82, 2.24) is 20.4 Å². The molecular weight excluding hydrogens is 877 g/mol. The van der Waals surface area contributed by atoms with Gasteiger partial charge in [0.05, 0.1) is 32.3 Å². The number of phenolic OH excluding ortho intramolecular Hbond substituents is 1. The van der Waals surface area contributed by atoms with Gasteiger partial charge in [-0.15, -0.1) is 0 Å². The summed E-state index contributed by atoms with van der Waals surface area (Å²) < 4.78 is 48.1. The number of carbonyl (C=O) groups is 4. The van der Waals surface area contributed by atoms with Crippen LogP contribution in [0.1, 0.15) is 75.4 Å². The molecule has 358 valence electrons. The number of thioether (sulfide) groups is 1. The molecule has 12 atom stereocenters. The molecule has 1 spiro atoms. The normalized spacial score (nSPS) is 32.9. The first-order chi connectivity index (χ1) is 31.3. The number of aryl methyl sites for hydroxylation is 1. The van der Waals surface area contributed by atoms with E-state index in [-0.39, 0.29) is 36.4 Å². The summed E-state index contributed by atoms with van der Waals surface area (Å²) in [6.45, 7) is 12.0. The minimum Gasteiger partial charge on any atom is -0.504 e. The largest absolute Gasteiger partial charge is 0.504 e. The molecule has 10 rings (SSSR count). The number of piperazine rings is 1. The lowest BCUT2D eigenvalue weighted by Crippen LogP contribution is -2.78. The van der Waals surface area contributed by atoms with Crippen LogP contribution in [0.15, 0.2) is 29.5 Å². The third-order valence-corrected chi connectivity index (χ3v) is 16.1. The number of hydrogen-bond donors (Lipinski definition) is 4. The maximum Gasteiger partial charge on any atom is 0.408 e. The first kappa shape index (κ1) is 46.3. The fraction of sp³-hybridized carbons (Fsp3) is 0.617. The number of amides is 1. The molecule has 66 heavy (non-hydrogen) atoms. The van der Waals surface area contributed by atoms with Gasteiger partial charge in [0.15, 0.2) is 35.3 Å². The minimum atomic E-state index is -1.46. The van der Waals surface area contributed by atoms with E-state index in [1.165, 1.54) is 39.8 Å². The van der Waals surface area contributed by atoms with Gasteiger partial charge in [-0.25, -0.2) is 14.4 Å². The number of fused-ring (bicyclic) bond motifs is 9. The number of benzene rings is 2. The quantitative estimate of drug-likeness (QED) is 0.186. The molecule has 7 aliphatic heterocycles. The lowest BCUT2D eigenvalue weighted by molar-refractivity contribution is -0.224. The summed E-state index contributed by atoms with van der Waals surface area (Å²) >= 11 is 1.51. The second kappa shape index (κ2) is 17.1. The fourth-order valence-electron chi connectivity index (χ4n) is 11.8. The Kier molecular flexibility index (Phi) is 12.0. The highest BCUT2D eigenvalue weighted by atomic mass is 32.2. The number of piperidine rings is 1. The summed E-state index contributed by atoms with van der Waals surface area (Å²) in [6, 6.07) is 2.21. The van der Waals surface area contributed by atoms with E-state index in [1.807, 2.05) is 27.0 Å². The van der Waals surface area contributed by atoms with E-state index in [2.05, 4.69) is 20.4 Å². The van der Waals surface area contributed by atoms with Crippen molar-refractivity contribution in [2.24, 2.45) is 11.8 Å². The molecule has 2 aromatic rings. The first-order valence-corrected chi connectivity index (χ1v) is 23.5. The van der Waals surface area contributed by atoms with Crippen LogP contribution in [0.4, 0.5) is 4.79 Å². The number of nitrogens with zero attached hydrogens (tertiary/aromatic N) is 2. The second-order valence-corrected chi connectivity index (χ2v) is 20.6. The van der Waals surface area contributed by atoms with Gasteiger partial charge in [0.2, 0.25) is 0 Å². The lowest BCUT2D eigenvalue weighted by atomic mass is 9.62. The monoisotopic (exact) mass is 936 g/mol. The maximum absolute atomic E-state index is 15.1. The Labute approximate surface area is 387 Å². The number of aliphatic hydroxyl groups excluding tert-OH is 1. The summed E-state index contributed by atoms with van der Waals surface area (Å²) in [5.74, 6) is -1.34. The van der Waals surface area contributed by atoms with Crippen molar-refractivity contribution in [2.45, 2.75) is 126 Å². The highest BCUT2D eigenvalue weighted by Gasteiger charge is 2.67. The molecule has 0 aromatic heterocycles. The zero-order valence-electron chi connectivity index (χ0n) is 38.9. The van der Waals surface area contributed by atoms with Gasteiger partial charge in [0.25, 0.3) is 0 Å². The fourth-order valence-corrected chi connectivity index (χ4v) is 13.7. The summed E-state index contributed by atoms with van der Waals surface area (Å²) in [4.78, 5) is 58.3. The van der Waals surface area contributed by atoms with E-state index in [0.29, 0.717) is 47.6 Å². The number of ether oxygens (including phenoxy) is 8. The highest BCUT2D eigenvalue weighted by molar-refractivity contribution is 8.00. The minimum absolute atomic E-state index is 0.0137. The SMILES string of the molecule is COc1cc2c(cc1OC(=O)[C@H](C)NC(=O)OC(C)(C)C)CCN[C@]21CS[C@@H]2C3C(OC(C)=O)C(C)=C4OCOC4C3[C@H](COC1=O)N1C2[C@@H]2c3c(cc(C)c(OC)c3O)C[C@H]([C@@H]1O)N2C. The van der Waals surface area contributed by atoms with Crippen molar-refractivity contribution < 1.29 is 67.3 Å². The molecule has 0 radical (unpaired) electrons. The summed E-state index contributed by atoms with van der Waals surface area (Å²) in [5.41, 5.74) is 2.15. The van der Waals surface area contributed by atoms with Gasteiger partial charge >= 0.3 is 24.0 Å². The number of carbonyl (C=O) groups excluding carboxylic acids is 4. The van der Waals surface area contributed by atoms with Gasteiger partial charge in [0.1, 0.15) is 42.4 Å². The predicted octanol–water partition coefficient (Wildman–Crippen LogP) is 3.34. The topological polar surface area (TPSA) is 213 Å². The van der Waals surface area contributed by atoms with Crippen LogP contribution >= 0.6 is 11.8 Å². The van der Waals surface area contributed by atoms with Gasteiger partial charge in [0, 0.05) is 53.5 Å². The van der Waals surface area contributed by atoms with Crippen molar-refractivity contribution in [3.05, 3.63) is 57.3 Å². The molecule has 0 saturated carbocycles. The van der Waals surface area contributed by atoms with E-state index < -0.39 is 101 Å². The number of phenols is 1. The molecule has 19 heteroatoms. The molecule has 4 N–H and O–H groups in total. The van der Waals surface area contributed by atoms with E-state index in [0.717, 1.165) is 16.7 Å². The third kappa shape index (κ3) is 7.44. The van der Waals surface area contributed by atoms with Crippen LogP contribution in [-0.4, -0.2) is 144 Å². The van der Waals surface area contributed by atoms with Crippen molar-refractivity contribution in [3.8, 4) is 23.0 Å². The Morgan fingerprint density at radius 1 is 1.05 bits per heavy atom. The van der Waals surface area contributed by atoms with Crippen LogP contribution in [0, 0.1) is 18.8 Å². The Morgan fingerprint density at radius 2 is 1.80 bits per heavy atom. The van der Waals surface area contributed by atoms with Gasteiger partial charge in [-0.3, -0.25) is 19.9 Å². The van der Waals surface area contributed by atoms with Crippen LogP contribution in [0.2, 0.25) is 0 Å². The number of hydrogen-bond acceptors (Lipinski definition) is 18. The van der Waals surface area contributed by atoms with Crippen LogP contribution in [0.25, 0.3) is 0 Å². The number of methoxy groups -OCH3 is 2.